The molecule has 1 aliphatic rings. The number of hydrogen-bond acceptors (Lipinski definition) is 4. The van der Waals surface area contributed by atoms with Gasteiger partial charge in [-0.25, -0.2) is 4.98 Å². The largest absolute Gasteiger partial charge is 0.318 e. The van der Waals surface area contributed by atoms with Crippen molar-refractivity contribution in [3.8, 4) is 6.07 Å². The molecule has 7 heteroatoms. The minimum atomic E-state index is -0.623. The van der Waals surface area contributed by atoms with Crippen LogP contribution in [-0.4, -0.2) is 22.3 Å². The molecule has 3 rings (SSSR count). The molecular weight excluding hydrogens is 329 g/mol. The molecule has 0 N–H and O–H groups in total. The number of aromatic nitrogens is 1. The zero-order valence-electron chi connectivity index (χ0n) is 10.7. The van der Waals surface area contributed by atoms with Crippen LogP contribution in [0.3, 0.4) is 0 Å². The number of carbonyl (C=O) groups excluding carboxylic acids is 1. The van der Waals surface area contributed by atoms with E-state index in [-0.39, 0.29) is 10.9 Å². The molecule has 4 nitrogen and oxygen atoms in total. The van der Waals surface area contributed by atoms with E-state index in [1.165, 1.54) is 16.2 Å². The molecule has 1 atom stereocenters. The van der Waals surface area contributed by atoms with Gasteiger partial charge in [0.2, 0.25) is 0 Å². The number of benzene rings is 1. The summed E-state index contributed by atoms with van der Waals surface area (Å²) in [5.41, 5.74) is 0.964. The van der Waals surface area contributed by atoms with Crippen LogP contribution < -0.4 is 0 Å². The summed E-state index contributed by atoms with van der Waals surface area (Å²) in [5.74, 6) is -0.249. The summed E-state index contributed by atoms with van der Waals surface area (Å²) < 4.78 is 0. The maximum Gasteiger partial charge on any atom is 0.257 e. The summed E-state index contributed by atoms with van der Waals surface area (Å²) in [7, 11) is 0. The highest BCUT2D eigenvalue weighted by molar-refractivity contribution is 7.09. The number of amides is 1. The molecular formula is C14H9Cl2N3OS. The van der Waals surface area contributed by atoms with Crippen molar-refractivity contribution in [1.82, 2.24) is 9.88 Å². The van der Waals surface area contributed by atoms with Crippen LogP contribution in [0, 0.1) is 11.3 Å². The molecule has 1 aliphatic heterocycles. The number of halogens is 2. The molecule has 0 radical (unpaired) electrons. The fraction of sp³-hybridized carbons (Fsp3) is 0.214. The van der Waals surface area contributed by atoms with Gasteiger partial charge in [-0.05, 0) is 6.07 Å². The van der Waals surface area contributed by atoms with E-state index < -0.39 is 6.04 Å². The van der Waals surface area contributed by atoms with E-state index in [0.29, 0.717) is 29.1 Å². The Bertz CT molecular complexity index is 739. The summed E-state index contributed by atoms with van der Waals surface area (Å²) in [6.45, 7) is 0.424. The van der Waals surface area contributed by atoms with Crippen LogP contribution in [0.2, 0.25) is 10.0 Å². The van der Waals surface area contributed by atoms with Gasteiger partial charge in [0.15, 0.2) is 0 Å². The number of hydrogen-bond donors (Lipinski definition) is 0. The molecule has 1 aromatic carbocycles. The minimum Gasteiger partial charge on any atom is -0.318 e. The lowest BCUT2D eigenvalue weighted by Gasteiger charge is -2.19. The van der Waals surface area contributed by atoms with Crippen LogP contribution in [0.15, 0.2) is 23.7 Å². The van der Waals surface area contributed by atoms with Crippen molar-refractivity contribution in [2.24, 2.45) is 0 Å². The van der Waals surface area contributed by atoms with Gasteiger partial charge in [-0.2, -0.15) is 5.26 Å². The maximum atomic E-state index is 12.5. The van der Waals surface area contributed by atoms with Gasteiger partial charge in [0.1, 0.15) is 6.04 Å². The molecule has 1 amide bonds. The number of fused-ring (bicyclic) bond motifs is 1. The Hall–Kier alpha value is -1.61. The lowest BCUT2D eigenvalue weighted by Crippen LogP contribution is -2.29. The van der Waals surface area contributed by atoms with E-state index in [9.17, 15) is 10.1 Å². The van der Waals surface area contributed by atoms with E-state index in [1.54, 1.807) is 18.3 Å². The average Bonchev–Trinajstić information content (AvgIpc) is 3.07. The topological polar surface area (TPSA) is 57.0 Å². The second-order valence-electron chi connectivity index (χ2n) is 4.53. The molecule has 0 saturated carbocycles. The zero-order chi connectivity index (χ0) is 15.0. The van der Waals surface area contributed by atoms with Gasteiger partial charge in [0.05, 0.1) is 26.7 Å². The van der Waals surface area contributed by atoms with Gasteiger partial charge < -0.3 is 4.90 Å². The van der Waals surface area contributed by atoms with E-state index in [1.807, 2.05) is 5.38 Å². The van der Waals surface area contributed by atoms with E-state index in [0.717, 1.165) is 5.01 Å². The third-order valence-electron chi connectivity index (χ3n) is 3.38. The van der Waals surface area contributed by atoms with Gasteiger partial charge in [-0.3, -0.25) is 4.79 Å². The molecule has 0 fully saturated rings. The van der Waals surface area contributed by atoms with E-state index in [4.69, 9.17) is 23.2 Å². The summed E-state index contributed by atoms with van der Waals surface area (Å²) in [5, 5.41) is 12.7. The summed E-state index contributed by atoms with van der Waals surface area (Å²) in [4.78, 5) is 18.2. The Labute approximate surface area is 135 Å². The summed E-state index contributed by atoms with van der Waals surface area (Å²) in [6.07, 6.45) is 2.33. The Kier molecular flexibility index (Phi) is 3.85. The fourth-order valence-electron chi connectivity index (χ4n) is 2.40. The van der Waals surface area contributed by atoms with Crippen molar-refractivity contribution in [3.63, 3.8) is 0 Å². The van der Waals surface area contributed by atoms with Crippen molar-refractivity contribution in [2.75, 3.05) is 6.54 Å². The third-order valence-corrected chi connectivity index (χ3v) is 5.02. The lowest BCUT2D eigenvalue weighted by atomic mass is 10.1. The first kappa shape index (κ1) is 14.3. The Morgan fingerprint density at radius 3 is 2.90 bits per heavy atom. The first-order valence-electron chi connectivity index (χ1n) is 6.20. The van der Waals surface area contributed by atoms with Crippen molar-refractivity contribution in [1.29, 1.82) is 5.26 Å². The Balaban J connectivity index is 1.92. The predicted molar refractivity (Wildman–Crippen MR) is 81.7 cm³/mol. The monoisotopic (exact) mass is 337 g/mol. The predicted octanol–water partition coefficient (Wildman–Crippen LogP) is 3.71. The molecule has 1 unspecified atom stereocenters. The SMILES string of the molecule is N#CC1c2ccc(Cl)c(Cl)c2C(=O)N1CCc1nccs1. The minimum absolute atomic E-state index is 0.219. The maximum absolute atomic E-state index is 12.5. The highest BCUT2D eigenvalue weighted by Gasteiger charge is 2.38. The van der Waals surface area contributed by atoms with Crippen LogP contribution in [0.4, 0.5) is 0 Å². The number of nitrogens with zero attached hydrogens (tertiary/aromatic N) is 3. The average molecular weight is 338 g/mol. The van der Waals surface area contributed by atoms with Crippen molar-refractivity contribution in [3.05, 3.63) is 49.9 Å². The first-order valence-corrected chi connectivity index (χ1v) is 7.84. The third kappa shape index (κ3) is 2.40. The second kappa shape index (κ2) is 5.64. The highest BCUT2D eigenvalue weighted by Crippen LogP contribution is 2.40. The van der Waals surface area contributed by atoms with Crippen molar-refractivity contribution in [2.45, 2.75) is 12.5 Å². The number of thiazole rings is 1. The van der Waals surface area contributed by atoms with E-state index in [2.05, 4.69) is 11.1 Å². The molecule has 0 bridgehead atoms. The van der Waals surface area contributed by atoms with Crippen molar-refractivity contribution >= 4 is 40.4 Å². The zero-order valence-corrected chi connectivity index (χ0v) is 13.0. The molecule has 2 aromatic rings. The van der Waals surface area contributed by atoms with Crippen LogP contribution >= 0.6 is 34.5 Å². The summed E-state index contributed by atoms with van der Waals surface area (Å²) >= 11 is 13.6. The van der Waals surface area contributed by atoms with Crippen LogP contribution in [0.1, 0.15) is 27.0 Å². The Morgan fingerprint density at radius 2 is 2.24 bits per heavy atom. The molecule has 0 aliphatic carbocycles. The second-order valence-corrected chi connectivity index (χ2v) is 6.30. The Morgan fingerprint density at radius 1 is 1.43 bits per heavy atom. The quantitative estimate of drug-likeness (QED) is 0.857. The lowest BCUT2D eigenvalue weighted by molar-refractivity contribution is 0.0760. The standard InChI is InChI=1S/C14H9Cl2N3OS/c15-9-2-1-8-10(7-17)19(14(20)12(8)13(9)16)5-3-11-18-4-6-21-11/h1-2,4,6,10H,3,5H2. The highest BCUT2D eigenvalue weighted by atomic mass is 35.5. The number of carbonyl (C=O) groups is 1. The molecule has 1 aromatic heterocycles. The fourth-order valence-corrected chi connectivity index (χ4v) is 3.42. The number of rotatable bonds is 3. The van der Waals surface area contributed by atoms with Gasteiger partial charge in [-0.1, -0.05) is 29.3 Å². The number of nitriles is 1. The normalized spacial score (nSPS) is 16.9. The molecule has 0 saturated heterocycles. The molecule has 21 heavy (non-hydrogen) atoms. The van der Waals surface area contributed by atoms with Crippen LogP contribution in [0.5, 0.6) is 0 Å². The summed E-state index contributed by atoms with van der Waals surface area (Å²) in [6, 6.07) is 4.85. The van der Waals surface area contributed by atoms with Crippen molar-refractivity contribution < 1.29 is 4.79 Å². The van der Waals surface area contributed by atoms with Gasteiger partial charge >= 0.3 is 0 Å². The molecule has 0 spiro atoms. The first-order chi connectivity index (χ1) is 10.1. The van der Waals surface area contributed by atoms with Gasteiger partial charge in [0.25, 0.3) is 5.91 Å². The smallest absolute Gasteiger partial charge is 0.257 e. The van der Waals surface area contributed by atoms with Crippen LogP contribution in [-0.2, 0) is 6.42 Å². The molecule has 2 heterocycles. The van der Waals surface area contributed by atoms with Gasteiger partial charge in [-0.15, -0.1) is 11.3 Å². The molecule has 106 valence electrons. The van der Waals surface area contributed by atoms with E-state index >= 15 is 0 Å². The van der Waals surface area contributed by atoms with Crippen LogP contribution in [0.25, 0.3) is 0 Å². The van der Waals surface area contributed by atoms with Gasteiger partial charge in [0, 0.05) is 30.1 Å².